The van der Waals surface area contributed by atoms with Gasteiger partial charge in [-0.2, -0.15) is 4.31 Å². The summed E-state index contributed by atoms with van der Waals surface area (Å²) in [5.74, 6) is 1.86. The first kappa shape index (κ1) is 26.3. The first-order chi connectivity index (χ1) is 18.2. The SMILES string of the molecule is Cc1cccc(Nc2nc([C@@H](C)N3CCN(S(=O)(=O)c4ccc(C(C)C)cc4)CC3)nc3ccccc23)c1. The van der Waals surface area contributed by atoms with Gasteiger partial charge in [-0.05, 0) is 67.3 Å². The van der Waals surface area contributed by atoms with Crippen LogP contribution in [0, 0.1) is 6.92 Å². The fraction of sp³-hybridized carbons (Fsp3) is 0.333. The first-order valence-electron chi connectivity index (χ1n) is 13.2. The van der Waals surface area contributed by atoms with Crippen LogP contribution < -0.4 is 5.32 Å². The summed E-state index contributed by atoms with van der Waals surface area (Å²) < 4.78 is 28.1. The average Bonchev–Trinajstić information content (AvgIpc) is 2.92. The van der Waals surface area contributed by atoms with Crippen LogP contribution in [0.3, 0.4) is 0 Å². The third kappa shape index (κ3) is 5.43. The van der Waals surface area contributed by atoms with E-state index in [0.29, 0.717) is 37.0 Å². The Morgan fingerprint density at radius 3 is 2.24 bits per heavy atom. The van der Waals surface area contributed by atoms with Gasteiger partial charge in [0.05, 0.1) is 16.5 Å². The number of benzene rings is 3. The molecule has 0 radical (unpaired) electrons. The maximum atomic E-state index is 13.3. The van der Waals surface area contributed by atoms with Crippen LogP contribution in [-0.2, 0) is 10.0 Å². The van der Waals surface area contributed by atoms with Gasteiger partial charge >= 0.3 is 0 Å². The normalized spacial score (nSPS) is 16.1. The van der Waals surface area contributed by atoms with Gasteiger partial charge in [0.2, 0.25) is 10.0 Å². The van der Waals surface area contributed by atoms with Gasteiger partial charge in [-0.3, -0.25) is 4.90 Å². The number of nitrogens with one attached hydrogen (secondary N) is 1. The van der Waals surface area contributed by atoms with Crippen LogP contribution in [0.1, 0.15) is 49.7 Å². The molecule has 5 rings (SSSR count). The minimum Gasteiger partial charge on any atom is -0.340 e. The van der Waals surface area contributed by atoms with E-state index in [0.717, 1.165) is 33.8 Å². The molecule has 0 aliphatic carbocycles. The Kier molecular flexibility index (Phi) is 7.47. The van der Waals surface area contributed by atoms with Gasteiger partial charge in [0.1, 0.15) is 11.6 Å². The minimum atomic E-state index is -3.53. The van der Waals surface area contributed by atoms with Crippen molar-refractivity contribution in [1.82, 2.24) is 19.2 Å². The zero-order valence-electron chi connectivity index (χ0n) is 22.4. The van der Waals surface area contributed by atoms with Gasteiger partial charge in [0.15, 0.2) is 0 Å². The van der Waals surface area contributed by atoms with E-state index in [1.807, 2.05) is 48.5 Å². The van der Waals surface area contributed by atoms with Gasteiger partial charge in [-0.25, -0.2) is 18.4 Å². The second-order valence-electron chi connectivity index (χ2n) is 10.3. The lowest BCUT2D eigenvalue weighted by atomic mass is 10.0. The molecular formula is C30H35N5O2S. The van der Waals surface area contributed by atoms with Crippen molar-refractivity contribution < 1.29 is 8.42 Å². The van der Waals surface area contributed by atoms with E-state index in [9.17, 15) is 8.42 Å². The van der Waals surface area contributed by atoms with Crippen LogP contribution in [0.25, 0.3) is 10.9 Å². The van der Waals surface area contributed by atoms with E-state index in [-0.39, 0.29) is 6.04 Å². The van der Waals surface area contributed by atoms with Crippen molar-refractivity contribution in [2.75, 3.05) is 31.5 Å². The lowest BCUT2D eigenvalue weighted by Gasteiger charge is -2.37. The molecule has 1 aromatic heterocycles. The molecule has 0 unspecified atom stereocenters. The molecule has 3 aromatic carbocycles. The Morgan fingerprint density at radius 1 is 0.842 bits per heavy atom. The Labute approximate surface area is 225 Å². The molecule has 1 saturated heterocycles. The standard InChI is InChI=1S/C30H35N5O2S/c1-21(2)24-12-14-26(15-13-24)38(36,37)35-18-16-34(17-19-35)23(4)29-32-28-11-6-5-10-27(28)30(33-29)31-25-9-7-8-22(3)20-25/h5-15,20-21,23H,16-19H2,1-4H3,(H,31,32,33)/t23-/m1/s1. The number of aryl methyl sites for hydroxylation is 1. The summed E-state index contributed by atoms with van der Waals surface area (Å²) in [5.41, 5.74) is 4.16. The zero-order valence-corrected chi connectivity index (χ0v) is 23.2. The van der Waals surface area contributed by atoms with Gasteiger partial charge in [0, 0.05) is 37.3 Å². The summed E-state index contributed by atoms with van der Waals surface area (Å²) >= 11 is 0. The summed E-state index contributed by atoms with van der Waals surface area (Å²) in [6.45, 7) is 10.5. The molecule has 0 bridgehead atoms. The van der Waals surface area contributed by atoms with Crippen molar-refractivity contribution in [3.8, 4) is 0 Å². The van der Waals surface area contributed by atoms with Crippen LogP contribution in [0.15, 0.2) is 77.7 Å². The van der Waals surface area contributed by atoms with Gasteiger partial charge < -0.3 is 5.32 Å². The fourth-order valence-electron chi connectivity index (χ4n) is 4.90. The van der Waals surface area contributed by atoms with Crippen molar-refractivity contribution in [1.29, 1.82) is 0 Å². The number of para-hydroxylation sites is 1. The molecule has 38 heavy (non-hydrogen) atoms. The smallest absolute Gasteiger partial charge is 0.243 e. The largest absolute Gasteiger partial charge is 0.340 e. The molecule has 1 N–H and O–H groups in total. The van der Waals surface area contributed by atoms with Crippen LogP contribution in [0.5, 0.6) is 0 Å². The molecule has 198 valence electrons. The maximum absolute atomic E-state index is 13.3. The molecule has 2 heterocycles. The molecule has 1 aliphatic heterocycles. The predicted octanol–water partition coefficient (Wildman–Crippen LogP) is 5.87. The number of piperazine rings is 1. The van der Waals surface area contributed by atoms with E-state index in [4.69, 9.17) is 9.97 Å². The maximum Gasteiger partial charge on any atom is 0.243 e. The lowest BCUT2D eigenvalue weighted by molar-refractivity contribution is 0.141. The number of hydrogen-bond acceptors (Lipinski definition) is 6. The number of fused-ring (bicyclic) bond motifs is 1. The predicted molar refractivity (Wildman–Crippen MR) is 153 cm³/mol. The Morgan fingerprint density at radius 2 is 1.55 bits per heavy atom. The topological polar surface area (TPSA) is 78.4 Å². The number of sulfonamides is 1. The molecule has 1 fully saturated rings. The molecule has 7 nitrogen and oxygen atoms in total. The Balaban J connectivity index is 1.33. The molecule has 1 aliphatic rings. The molecule has 8 heteroatoms. The van der Waals surface area contributed by atoms with E-state index in [2.05, 4.69) is 50.0 Å². The van der Waals surface area contributed by atoms with Gasteiger partial charge in [-0.1, -0.05) is 50.2 Å². The number of rotatable bonds is 7. The van der Waals surface area contributed by atoms with Crippen LogP contribution >= 0.6 is 0 Å². The van der Waals surface area contributed by atoms with Crippen molar-refractivity contribution in [3.05, 3.63) is 89.7 Å². The molecule has 1 atom stereocenters. The summed E-state index contributed by atoms with van der Waals surface area (Å²) in [4.78, 5) is 12.4. The molecular weight excluding hydrogens is 494 g/mol. The molecule has 0 spiro atoms. The second-order valence-corrected chi connectivity index (χ2v) is 12.2. The second kappa shape index (κ2) is 10.8. The molecule has 0 amide bonds. The summed E-state index contributed by atoms with van der Waals surface area (Å²) in [6.07, 6.45) is 0. The third-order valence-electron chi connectivity index (χ3n) is 7.28. The highest BCUT2D eigenvalue weighted by atomic mass is 32.2. The average molecular weight is 530 g/mol. The number of nitrogens with zero attached hydrogens (tertiary/aromatic N) is 4. The highest BCUT2D eigenvalue weighted by Gasteiger charge is 2.31. The highest BCUT2D eigenvalue weighted by molar-refractivity contribution is 7.89. The lowest BCUT2D eigenvalue weighted by Crippen LogP contribution is -2.49. The first-order valence-corrected chi connectivity index (χ1v) is 14.6. The molecule has 0 saturated carbocycles. The van der Waals surface area contributed by atoms with E-state index < -0.39 is 10.0 Å². The summed E-state index contributed by atoms with van der Waals surface area (Å²) in [7, 11) is -3.53. The summed E-state index contributed by atoms with van der Waals surface area (Å²) in [6, 6.07) is 23.4. The van der Waals surface area contributed by atoms with Gasteiger partial charge in [0.25, 0.3) is 0 Å². The van der Waals surface area contributed by atoms with Crippen LogP contribution in [-0.4, -0.2) is 53.8 Å². The quantitative estimate of drug-likeness (QED) is 0.322. The number of hydrogen-bond donors (Lipinski definition) is 1. The monoisotopic (exact) mass is 529 g/mol. The fourth-order valence-corrected chi connectivity index (χ4v) is 6.33. The number of anilines is 2. The minimum absolute atomic E-state index is 0.0622. The van der Waals surface area contributed by atoms with Crippen molar-refractivity contribution in [2.45, 2.75) is 44.6 Å². The molecule has 4 aromatic rings. The van der Waals surface area contributed by atoms with Crippen molar-refractivity contribution >= 4 is 32.4 Å². The van der Waals surface area contributed by atoms with Crippen molar-refractivity contribution in [2.24, 2.45) is 0 Å². The van der Waals surface area contributed by atoms with Gasteiger partial charge in [-0.15, -0.1) is 0 Å². The van der Waals surface area contributed by atoms with E-state index in [1.54, 1.807) is 16.4 Å². The third-order valence-corrected chi connectivity index (χ3v) is 9.19. The van der Waals surface area contributed by atoms with Crippen LogP contribution in [0.4, 0.5) is 11.5 Å². The van der Waals surface area contributed by atoms with Crippen LogP contribution in [0.2, 0.25) is 0 Å². The zero-order chi connectivity index (χ0) is 26.9. The van der Waals surface area contributed by atoms with Crippen molar-refractivity contribution in [3.63, 3.8) is 0 Å². The Bertz CT molecular complexity index is 1530. The highest BCUT2D eigenvalue weighted by Crippen LogP contribution is 2.29. The number of aromatic nitrogens is 2. The summed E-state index contributed by atoms with van der Waals surface area (Å²) in [5, 5.41) is 4.45. The van der Waals surface area contributed by atoms with E-state index in [1.165, 1.54) is 5.56 Å². The van der Waals surface area contributed by atoms with E-state index >= 15 is 0 Å². The Hall–Kier alpha value is -3.33.